The summed E-state index contributed by atoms with van der Waals surface area (Å²) in [5.41, 5.74) is 0.900. The van der Waals surface area contributed by atoms with Crippen LogP contribution in [-0.4, -0.2) is 30.6 Å². The van der Waals surface area contributed by atoms with E-state index in [0.29, 0.717) is 18.2 Å². The minimum absolute atomic E-state index is 0.0392. The Morgan fingerprint density at radius 3 is 2.68 bits per heavy atom. The second kappa shape index (κ2) is 7.27. The highest BCUT2D eigenvalue weighted by atomic mass is 16.5. The molecule has 3 rings (SSSR count). The van der Waals surface area contributed by atoms with Gasteiger partial charge in [0.1, 0.15) is 5.75 Å². The SMILES string of the molecule is CCC1(CC)CNC(=O)C1NCc1ncc(-c2ccc(OC)cc2)o1. The number of nitrogens with zero attached hydrogens (tertiary/aromatic N) is 1. The molecule has 0 spiro atoms. The lowest BCUT2D eigenvalue weighted by atomic mass is 9.78. The molecule has 134 valence electrons. The van der Waals surface area contributed by atoms with Crippen molar-refractivity contribution in [1.82, 2.24) is 15.6 Å². The summed E-state index contributed by atoms with van der Waals surface area (Å²) in [6, 6.07) is 7.42. The highest BCUT2D eigenvalue weighted by Gasteiger charge is 2.45. The van der Waals surface area contributed by atoms with Crippen molar-refractivity contribution in [2.75, 3.05) is 13.7 Å². The van der Waals surface area contributed by atoms with E-state index in [4.69, 9.17) is 9.15 Å². The fourth-order valence-corrected chi connectivity index (χ4v) is 3.43. The number of oxazole rings is 1. The highest BCUT2D eigenvalue weighted by molar-refractivity contribution is 5.85. The van der Waals surface area contributed by atoms with Gasteiger partial charge in [0.15, 0.2) is 5.76 Å². The molecule has 0 saturated carbocycles. The van der Waals surface area contributed by atoms with E-state index < -0.39 is 0 Å². The summed E-state index contributed by atoms with van der Waals surface area (Å²) in [5, 5.41) is 6.31. The Morgan fingerprint density at radius 1 is 1.32 bits per heavy atom. The van der Waals surface area contributed by atoms with Crippen molar-refractivity contribution in [3.8, 4) is 17.1 Å². The first kappa shape index (κ1) is 17.5. The number of amides is 1. The van der Waals surface area contributed by atoms with Crippen LogP contribution in [0.3, 0.4) is 0 Å². The summed E-state index contributed by atoms with van der Waals surface area (Å²) >= 11 is 0. The first-order valence-electron chi connectivity index (χ1n) is 8.72. The largest absolute Gasteiger partial charge is 0.497 e. The van der Waals surface area contributed by atoms with Gasteiger partial charge in [-0.15, -0.1) is 0 Å². The Bertz CT molecular complexity index is 720. The van der Waals surface area contributed by atoms with Crippen LogP contribution in [0.1, 0.15) is 32.6 Å². The Hall–Kier alpha value is -2.34. The van der Waals surface area contributed by atoms with Gasteiger partial charge in [-0.05, 0) is 37.1 Å². The Balaban J connectivity index is 1.68. The van der Waals surface area contributed by atoms with E-state index >= 15 is 0 Å². The van der Waals surface area contributed by atoms with Crippen LogP contribution in [-0.2, 0) is 11.3 Å². The number of benzene rings is 1. The predicted octanol–water partition coefficient (Wildman–Crippen LogP) is 2.74. The molecule has 1 aliphatic heterocycles. The molecule has 1 aromatic heterocycles. The number of nitrogens with one attached hydrogen (secondary N) is 2. The molecule has 2 N–H and O–H groups in total. The van der Waals surface area contributed by atoms with E-state index in [0.717, 1.165) is 30.7 Å². The van der Waals surface area contributed by atoms with Gasteiger partial charge >= 0.3 is 0 Å². The van der Waals surface area contributed by atoms with Crippen molar-refractivity contribution in [3.63, 3.8) is 0 Å². The molecule has 1 amide bonds. The summed E-state index contributed by atoms with van der Waals surface area (Å²) in [6.45, 7) is 5.41. The van der Waals surface area contributed by atoms with Crippen molar-refractivity contribution in [2.24, 2.45) is 5.41 Å². The summed E-state index contributed by atoms with van der Waals surface area (Å²) in [6.07, 6.45) is 3.60. The number of hydrogen-bond acceptors (Lipinski definition) is 5. The quantitative estimate of drug-likeness (QED) is 0.808. The number of carbonyl (C=O) groups excluding carboxylic acids is 1. The monoisotopic (exact) mass is 343 g/mol. The molecule has 1 aromatic carbocycles. The van der Waals surface area contributed by atoms with E-state index in [-0.39, 0.29) is 17.4 Å². The molecule has 1 atom stereocenters. The van der Waals surface area contributed by atoms with Gasteiger partial charge in [-0.25, -0.2) is 4.98 Å². The van der Waals surface area contributed by atoms with Crippen molar-refractivity contribution in [1.29, 1.82) is 0 Å². The fourth-order valence-electron chi connectivity index (χ4n) is 3.43. The van der Waals surface area contributed by atoms with Crippen molar-refractivity contribution < 1.29 is 13.9 Å². The van der Waals surface area contributed by atoms with Gasteiger partial charge in [-0.1, -0.05) is 13.8 Å². The third-order valence-corrected chi connectivity index (χ3v) is 5.28. The first-order valence-corrected chi connectivity index (χ1v) is 8.72. The summed E-state index contributed by atoms with van der Waals surface area (Å²) in [7, 11) is 1.64. The first-order chi connectivity index (χ1) is 12.1. The molecule has 0 aliphatic carbocycles. The third kappa shape index (κ3) is 3.39. The van der Waals surface area contributed by atoms with Gasteiger partial charge in [0.25, 0.3) is 0 Å². The van der Waals surface area contributed by atoms with Crippen LogP contribution >= 0.6 is 0 Å². The van der Waals surface area contributed by atoms with Crippen molar-refractivity contribution in [2.45, 2.75) is 39.3 Å². The standard InChI is InChI=1S/C19H25N3O3/c1-4-19(5-2)12-22-18(23)17(19)21-11-16-20-10-15(25-16)13-6-8-14(24-3)9-7-13/h6-10,17,21H,4-5,11-12H2,1-3H3,(H,22,23). The molecule has 2 aromatic rings. The van der Waals surface area contributed by atoms with Gasteiger partial charge in [-0.2, -0.15) is 0 Å². The topological polar surface area (TPSA) is 76.4 Å². The number of methoxy groups -OCH3 is 1. The molecule has 0 radical (unpaired) electrons. The second-order valence-corrected chi connectivity index (χ2v) is 6.45. The average Bonchev–Trinajstić information content (AvgIpc) is 3.25. The summed E-state index contributed by atoms with van der Waals surface area (Å²) in [5.74, 6) is 2.14. The Kier molecular flexibility index (Phi) is 5.08. The Labute approximate surface area is 148 Å². The van der Waals surface area contributed by atoms with Crippen LogP contribution in [0, 0.1) is 5.41 Å². The van der Waals surface area contributed by atoms with Crippen LogP contribution < -0.4 is 15.4 Å². The molecule has 2 heterocycles. The molecule has 1 aliphatic rings. The zero-order chi connectivity index (χ0) is 17.9. The summed E-state index contributed by atoms with van der Waals surface area (Å²) in [4.78, 5) is 16.5. The molecule has 1 fully saturated rings. The van der Waals surface area contributed by atoms with E-state index in [9.17, 15) is 4.79 Å². The van der Waals surface area contributed by atoms with Crippen LogP contribution in [0.2, 0.25) is 0 Å². The number of aromatic nitrogens is 1. The number of ether oxygens (including phenoxy) is 1. The highest BCUT2D eigenvalue weighted by Crippen LogP contribution is 2.34. The maximum atomic E-state index is 12.2. The molecule has 6 nitrogen and oxygen atoms in total. The van der Waals surface area contributed by atoms with E-state index in [1.807, 2.05) is 24.3 Å². The van der Waals surface area contributed by atoms with Crippen LogP contribution in [0.4, 0.5) is 0 Å². The molecule has 1 unspecified atom stereocenters. The molecule has 25 heavy (non-hydrogen) atoms. The van der Waals surface area contributed by atoms with E-state index in [1.54, 1.807) is 13.3 Å². The molecule has 1 saturated heterocycles. The smallest absolute Gasteiger partial charge is 0.237 e. The molecular formula is C19H25N3O3. The maximum absolute atomic E-state index is 12.2. The zero-order valence-electron chi connectivity index (χ0n) is 15.0. The fraction of sp³-hybridized carbons (Fsp3) is 0.474. The predicted molar refractivity (Wildman–Crippen MR) is 95.1 cm³/mol. The molecule has 0 bridgehead atoms. The minimum atomic E-state index is -0.209. The normalized spacial score (nSPS) is 19.0. The van der Waals surface area contributed by atoms with Gasteiger partial charge < -0.3 is 14.5 Å². The van der Waals surface area contributed by atoms with E-state index in [2.05, 4.69) is 29.5 Å². The lowest BCUT2D eigenvalue weighted by Crippen LogP contribution is -2.45. The lowest BCUT2D eigenvalue weighted by molar-refractivity contribution is -0.122. The van der Waals surface area contributed by atoms with Crippen LogP contribution in [0.25, 0.3) is 11.3 Å². The van der Waals surface area contributed by atoms with Gasteiger partial charge in [0.2, 0.25) is 11.8 Å². The second-order valence-electron chi connectivity index (χ2n) is 6.45. The molecular weight excluding hydrogens is 318 g/mol. The van der Waals surface area contributed by atoms with Crippen molar-refractivity contribution in [3.05, 3.63) is 36.4 Å². The maximum Gasteiger partial charge on any atom is 0.237 e. The summed E-state index contributed by atoms with van der Waals surface area (Å²) < 4.78 is 11.0. The number of hydrogen-bond donors (Lipinski definition) is 2. The Morgan fingerprint density at radius 2 is 2.04 bits per heavy atom. The minimum Gasteiger partial charge on any atom is -0.497 e. The van der Waals surface area contributed by atoms with Crippen molar-refractivity contribution >= 4 is 5.91 Å². The third-order valence-electron chi connectivity index (χ3n) is 5.28. The van der Waals surface area contributed by atoms with Gasteiger partial charge in [0.05, 0.1) is 25.9 Å². The zero-order valence-corrected chi connectivity index (χ0v) is 15.0. The van der Waals surface area contributed by atoms with Gasteiger partial charge in [-0.3, -0.25) is 10.1 Å². The van der Waals surface area contributed by atoms with Crippen LogP contribution in [0.5, 0.6) is 5.75 Å². The average molecular weight is 343 g/mol. The lowest BCUT2D eigenvalue weighted by Gasteiger charge is -2.31. The van der Waals surface area contributed by atoms with E-state index in [1.165, 1.54) is 0 Å². The number of rotatable bonds is 7. The number of carbonyl (C=O) groups is 1. The van der Waals surface area contributed by atoms with Crippen LogP contribution in [0.15, 0.2) is 34.9 Å². The van der Waals surface area contributed by atoms with Gasteiger partial charge in [0, 0.05) is 17.5 Å². The molecule has 6 heteroatoms.